The number of nitrogens with zero attached hydrogens (tertiary/aromatic N) is 1. The van der Waals surface area contributed by atoms with Crippen molar-refractivity contribution in [1.29, 1.82) is 0 Å². The van der Waals surface area contributed by atoms with Gasteiger partial charge in [-0.1, -0.05) is 26.7 Å². The summed E-state index contributed by atoms with van der Waals surface area (Å²) < 4.78 is 0. The summed E-state index contributed by atoms with van der Waals surface area (Å²) in [5.74, 6) is 0.868. The Hall–Kier alpha value is -0.0800. The molecule has 0 rings (SSSR count). The Bertz CT molecular complexity index is 126. The van der Waals surface area contributed by atoms with Crippen molar-refractivity contribution < 1.29 is 0 Å². The van der Waals surface area contributed by atoms with E-state index >= 15 is 0 Å². The molecule has 0 amide bonds. The van der Waals surface area contributed by atoms with Crippen molar-refractivity contribution in [3.05, 3.63) is 0 Å². The molecule has 0 aromatic heterocycles. The summed E-state index contributed by atoms with van der Waals surface area (Å²) in [4.78, 5) is 2.40. The summed E-state index contributed by atoms with van der Waals surface area (Å²) in [6.07, 6.45) is 3.86. The maximum absolute atomic E-state index is 3.55. The fourth-order valence-electron chi connectivity index (χ4n) is 1.60. The van der Waals surface area contributed by atoms with Gasteiger partial charge in [0.15, 0.2) is 0 Å². The molecule has 0 aliphatic rings. The molecule has 0 aromatic rings. The third-order valence-corrected chi connectivity index (χ3v) is 3.33. The zero-order chi connectivity index (χ0) is 11.7. The van der Waals surface area contributed by atoms with E-state index in [1.807, 2.05) is 0 Å². The molecule has 0 aliphatic heterocycles. The van der Waals surface area contributed by atoms with Crippen LogP contribution in [0.3, 0.4) is 0 Å². The van der Waals surface area contributed by atoms with Crippen molar-refractivity contribution in [2.45, 2.75) is 53.0 Å². The molecule has 92 valence electrons. The topological polar surface area (TPSA) is 15.3 Å². The Morgan fingerprint density at radius 1 is 1.13 bits per heavy atom. The minimum Gasteiger partial charge on any atom is -0.316 e. The molecule has 2 heteroatoms. The van der Waals surface area contributed by atoms with Crippen LogP contribution in [0.4, 0.5) is 0 Å². The highest BCUT2D eigenvalue weighted by molar-refractivity contribution is 4.61. The highest BCUT2D eigenvalue weighted by Gasteiger charge is 2.03. The zero-order valence-electron chi connectivity index (χ0n) is 11.3. The summed E-state index contributed by atoms with van der Waals surface area (Å²) in [5, 5.41) is 3.55. The van der Waals surface area contributed by atoms with Gasteiger partial charge >= 0.3 is 0 Å². The van der Waals surface area contributed by atoms with Gasteiger partial charge in [0, 0.05) is 6.04 Å². The first kappa shape index (κ1) is 14.9. The predicted octanol–water partition coefficient (Wildman–Crippen LogP) is 2.74. The second kappa shape index (κ2) is 9.17. The quantitative estimate of drug-likeness (QED) is 0.594. The molecular formula is C13H30N2. The lowest BCUT2D eigenvalue weighted by Crippen LogP contribution is -2.30. The average molecular weight is 214 g/mol. The van der Waals surface area contributed by atoms with Crippen LogP contribution < -0.4 is 5.32 Å². The summed E-state index contributed by atoms with van der Waals surface area (Å²) >= 11 is 0. The standard InChI is InChI=1S/C13H30N2/c1-6-13(7-2)11-14-9-8-10-15(5)12(3)4/h12-14H,6-11H2,1-5H3. The first-order valence-corrected chi connectivity index (χ1v) is 6.52. The fraction of sp³-hybridized carbons (Fsp3) is 1.00. The van der Waals surface area contributed by atoms with Crippen molar-refractivity contribution in [3.8, 4) is 0 Å². The van der Waals surface area contributed by atoms with Crippen molar-refractivity contribution in [2.75, 3.05) is 26.7 Å². The first-order valence-electron chi connectivity index (χ1n) is 6.52. The van der Waals surface area contributed by atoms with E-state index in [9.17, 15) is 0 Å². The van der Waals surface area contributed by atoms with Crippen LogP contribution in [-0.4, -0.2) is 37.6 Å². The molecule has 0 aromatic carbocycles. The Labute approximate surface area is 96.4 Å². The molecule has 0 heterocycles. The number of hydrogen-bond acceptors (Lipinski definition) is 2. The van der Waals surface area contributed by atoms with Crippen LogP contribution in [0.1, 0.15) is 47.0 Å². The lowest BCUT2D eigenvalue weighted by Gasteiger charge is -2.21. The molecule has 1 N–H and O–H groups in total. The van der Waals surface area contributed by atoms with Gasteiger partial charge in [0.1, 0.15) is 0 Å². The van der Waals surface area contributed by atoms with Crippen molar-refractivity contribution in [3.63, 3.8) is 0 Å². The summed E-state index contributed by atoms with van der Waals surface area (Å²) in [7, 11) is 2.20. The third-order valence-electron chi connectivity index (χ3n) is 3.33. The lowest BCUT2D eigenvalue weighted by molar-refractivity contribution is 0.268. The van der Waals surface area contributed by atoms with E-state index in [4.69, 9.17) is 0 Å². The van der Waals surface area contributed by atoms with Gasteiger partial charge in [0.05, 0.1) is 0 Å². The molecule has 0 radical (unpaired) electrons. The van der Waals surface area contributed by atoms with Gasteiger partial charge in [-0.3, -0.25) is 0 Å². The van der Waals surface area contributed by atoms with E-state index in [1.54, 1.807) is 0 Å². The zero-order valence-corrected chi connectivity index (χ0v) is 11.3. The molecule has 0 aliphatic carbocycles. The Morgan fingerprint density at radius 3 is 2.20 bits per heavy atom. The van der Waals surface area contributed by atoms with Crippen LogP contribution in [0.25, 0.3) is 0 Å². The van der Waals surface area contributed by atoms with Gasteiger partial charge in [-0.25, -0.2) is 0 Å². The second-order valence-corrected chi connectivity index (χ2v) is 4.81. The SMILES string of the molecule is CCC(CC)CNCCCN(C)C(C)C. The maximum Gasteiger partial charge on any atom is 0.00355 e. The molecule has 0 saturated carbocycles. The minimum atomic E-state index is 0.670. The van der Waals surface area contributed by atoms with Crippen LogP contribution >= 0.6 is 0 Å². The van der Waals surface area contributed by atoms with Crippen molar-refractivity contribution >= 4 is 0 Å². The summed E-state index contributed by atoms with van der Waals surface area (Å²) in [5.41, 5.74) is 0. The molecule has 0 spiro atoms. The summed E-state index contributed by atoms with van der Waals surface area (Å²) in [6, 6.07) is 0.670. The van der Waals surface area contributed by atoms with E-state index < -0.39 is 0 Å². The molecule has 0 bridgehead atoms. The van der Waals surface area contributed by atoms with Crippen molar-refractivity contribution in [2.24, 2.45) is 5.92 Å². The largest absolute Gasteiger partial charge is 0.316 e. The number of rotatable bonds is 9. The van der Waals surface area contributed by atoms with E-state index in [1.165, 1.54) is 32.4 Å². The van der Waals surface area contributed by atoms with Crippen LogP contribution in [0.5, 0.6) is 0 Å². The number of nitrogens with one attached hydrogen (secondary N) is 1. The summed E-state index contributed by atoms with van der Waals surface area (Å²) in [6.45, 7) is 12.6. The van der Waals surface area contributed by atoms with Crippen LogP contribution in [0.15, 0.2) is 0 Å². The van der Waals surface area contributed by atoms with E-state index in [-0.39, 0.29) is 0 Å². The normalized spacial score (nSPS) is 12.0. The van der Waals surface area contributed by atoms with Crippen LogP contribution in [0, 0.1) is 5.92 Å². The molecule has 2 nitrogen and oxygen atoms in total. The Kier molecular flexibility index (Phi) is 9.12. The molecule has 15 heavy (non-hydrogen) atoms. The predicted molar refractivity (Wildman–Crippen MR) is 69.3 cm³/mol. The van der Waals surface area contributed by atoms with Gasteiger partial charge in [-0.05, 0) is 52.9 Å². The monoisotopic (exact) mass is 214 g/mol. The first-order chi connectivity index (χ1) is 7.11. The average Bonchev–Trinajstić information content (AvgIpc) is 2.23. The molecule has 0 atom stereocenters. The maximum atomic E-state index is 3.55. The van der Waals surface area contributed by atoms with Gasteiger partial charge < -0.3 is 10.2 Å². The lowest BCUT2D eigenvalue weighted by atomic mass is 10.0. The van der Waals surface area contributed by atoms with Gasteiger partial charge in [0.2, 0.25) is 0 Å². The highest BCUT2D eigenvalue weighted by Crippen LogP contribution is 2.04. The van der Waals surface area contributed by atoms with Crippen LogP contribution in [-0.2, 0) is 0 Å². The van der Waals surface area contributed by atoms with E-state index in [0.717, 1.165) is 12.5 Å². The minimum absolute atomic E-state index is 0.670. The Balaban J connectivity index is 3.31. The molecular weight excluding hydrogens is 184 g/mol. The second-order valence-electron chi connectivity index (χ2n) is 4.81. The smallest absolute Gasteiger partial charge is 0.00355 e. The van der Waals surface area contributed by atoms with Crippen LogP contribution in [0.2, 0.25) is 0 Å². The fourth-order valence-corrected chi connectivity index (χ4v) is 1.60. The van der Waals surface area contributed by atoms with Gasteiger partial charge in [-0.15, -0.1) is 0 Å². The van der Waals surface area contributed by atoms with Crippen molar-refractivity contribution in [1.82, 2.24) is 10.2 Å². The Morgan fingerprint density at radius 2 is 1.73 bits per heavy atom. The van der Waals surface area contributed by atoms with Gasteiger partial charge in [0.25, 0.3) is 0 Å². The van der Waals surface area contributed by atoms with E-state index in [2.05, 4.69) is 45.0 Å². The third kappa shape index (κ3) is 7.80. The van der Waals surface area contributed by atoms with E-state index in [0.29, 0.717) is 6.04 Å². The molecule has 0 fully saturated rings. The molecule has 0 saturated heterocycles. The van der Waals surface area contributed by atoms with Gasteiger partial charge in [-0.2, -0.15) is 0 Å². The number of hydrogen-bond donors (Lipinski definition) is 1. The highest BCUT2D eigenvalue weighted by atomic mass is 15.1. The molecule has 0 unspecified atom stereocenters.